The Hall–Kier alpha value is -4.02. The summed E-state index contributed by atoms with van der Waals surface area (Å²) in [5, 5.41) is 2.12. The molecule has 2 heterocycles. The van der Waals surface area contributed by atoms with E-state index in [9.17, 15) is 0 Å². The standard InChI is InChI=1S/C27H16ClN3O/c28-27-30-25(18-11-5-2-6-12-18)29-26(31-27)21-16-15-19(17-9-3-1-4-10-17)24-23(21)20-13-7-8-14-22(20)32-24/h1-16H. The van der Waals surface area contributed by atoms with Gasteiger partial charge in [-0.2, -0.15) is 9.97 Å². The van der Waals surface area contributed by atoms with Gasteiger partial charge in [-0.1, -0.05) is 78.9 Å². The van der Waals surface area contributed by atoms with E-state index in [0.717, 1.165) is 44.2 Å². The highest BCUT2D eigenvalue weighted by Crippen LogP contribution is 2.41. The molecule has 0 fully saturated rings. The van der Waals surface area contributed by atoms with Crippen LogP contribution in [-0.4, -0.2) is 15.0 Å². The fourth-order valence-electron chi connectivity index (χ4n) is 4.05. The molecule has 0 spiro atoms. The molecule has 4 nitrogen and oxygen atoms in total. The monoisotopic (exact) mass is 433 g/mol. The van der Waals surface area contributed by atoms with Crippen molar-refractivity contribution in [2.24, 2.45) is 0 Å². The number of furan rings is 1. The molecule has 0 bridgehead atoms. The summed E-state index contributed by atoms with van der Waals surface area (Å²) in [7, 11) is 0. The van der Waals surface area contributed by atoms with E-state index in [1.807, 2.05) is 72.8 Å². The lowest BCUT2D eigenvalue weighted by Crippen LogP contribution is -1.97. The number of rotatable bonds is 3. The van der Waals surface area contributed by atoms with Crippen LogP contribution in [0.1, 0.15) is 0 Å². The normalized spacial score (nSPS) is 11.3. The molecule has 0 saturated heterocycles. The minimum atomic E-state index is 0.155. The van der Waals surface area contributed by atoms with Crippen LogP contribution in [0.5, 0.6) is 0 Å². The Kier molecular flexibility index (Phi) is 4.44. The van der Waals surface area contributed by atoms with Crippen molar-refractivity contribution < 1.29 is 4.42 Å². The maximum absolute atomic E-state index is 6.34. The Morgan fingerprint density at radius 3 is 1.97 bits per heavy atom. The third-order valence-electron chi connectivity index (χ3n) is 5.49. The molecule has 5 heteroatoms. The zero-order chi connectivity index (χ0) is 21.5. The van der Waals surface area contributed by atoms with Crippen molar-refractivity contribution in [3.05, 3.63) is 102 Å². The molecule has 0 aliphatic carbocycles. The van der Waals surface area contributed by atoms with Crippen molar-refractivity contribution in [2.75, 3.05) is 0 Å². The topological polar surface area (TPSA) is 51.8 Å². The van der Waals surface area contributed by atoms with Gasteiger partial charge in [0.05, 0.1) is 0 Å². The quantitative estimate of drug-likeness (QED) is 0.291. The van der Waals surface area contributed by atoms with Gasteiger partial charge in [0.2, 0.25) is 5.28 Å². The van der Waals surface area contributed by atoms with Crippen LogP contribution in [0.25, 0.3) is 55.8 Å². The molecule has 0 atom stereocenters. The van der Waals surface area contributed by atoms with Crippen LogP contribution in [-0.2, 0) is 0 Å². The van der Waals surface area contributed by atoms with E-state index in [1.165, 1.54) is 0 Å². The molecular weight excluding hydrogens is 418 g/mol. The van der Waals surface area contributed by atoms with Gasteiger partial charge in [0, 0.05) is 27.5 Å². The van der Waals surface area contributed by atoms with Gasteiger partial charge in [-0.25, -0.2) is 4.98 Å². The molecule has 4 aromatic carbocycles. The molecule has 0 aliphatic rings. The number of benzene rings is 4. The summed E-state index contributed by atoms with van der Waals surface area (Å²) in [4.78, 5) is 13.6. The second kappa shape index (κ2) is 7.59. The fraction of sp³-hybridized carbons (Fsp3) is 0. The molecule has 0 amide bonds. The molecule has 0 saturated carbocycles. The predicted molar refractivity (Wildman–Crippen MR) is 128 cm³/mol. The van der Waals surface area contributed by atoms with Crippen LogP contribution in [0.3, 0.4) is 0 Å². The highest BCUT2D eigenvalue weighted by molar-refractivity contribution is 6.28. The first-order valence-corrected chi connectivity index (χ1v) is 10.6. The van der Waals surface area contributed by atoms with Crippen molar-refractivity contribution in [2.45, 2.75) is 0 Å². The van der Waals surface area contributed by atoms with E-state index in [2.05, 4.69) is 34.2 Å². The number of nitrogens with zero attached hydrogens (tertiary/aromatic N) is 3. The van der Waals surface area contributed by atoms with Gasteiger partial charge in [-0.15, -0.1) is 0 Å². The molecule has 6 rings (SSSR count). The number of hydrogen-bond acceptors (Lipinski definition) is 4. The Balaban J connectivity index is 1.66. The molecule has 0 radical (unpaired) electrons. The highest BCUT2D eigenvalue weighted by atomic mass is 35.5. The summed E-state index contributed by atoms with van der Waals surface area (Å²) in [6, 6.07) is 32.1. The Morgan fingerprint density at radius 1 is 0.562 bits per heavy atom. The second-order valence-electron chi connectivity index (χ2n) is 7.45. The van der Waals surface area contributed by atoms with E-state index in [1.54, 1.807) is 0 Å². The van der Waals surface area contributed by atoms with Gasteiger partial charge in [0.1, 0.15) is 11.2 Å². The van der Waals surface area contributed by atoms with Gasteiger partial charge >= 0.3 is 0 Å². The number of fused-ring (bicyclic) bond motifs is 3. The van der Waals surface area contributed by atoms with Crippen LogP contribution >= 0.6 is 11.6 Å². The van der Waals surface area contributed by atoms with E-state index >= 15 is 0 Å². The van der Waals surface area contributed by atoms with E-state index < -0.39 is 0 Å². The molecule has 152 valence electrons. The van der Waals surface area contributed by atoms with Gasteiger partial charge in [-0.05, 0) is 35.4 Å². The average molecular weight is 434 g/mol. The Labute approximate surface area is 189 Å². The van der Waals surface area contributed by atoms with Crippen molar-refractivity contribution in [1.29, 1.82) is 0 Å². The van der Waals surface area contributed by atoms with Gasteiger partial charge in [-0.3, -0.25) is 0 Å². The number of para-hydroxylation sites is 1. The number of hydrogen-bond donors (Lipinski definition) is 0. The van der Waals surface area contributed by atoms with Crippen molar-refractivity contribution in [3.63, 3.8) is 0 Å². The lowest BCUT2D eigenvalue weighted by Gasteiger charge is -2.09. The number of halogens is 1. The van der Waals surface area contributed by atoms with E-state index in [4.69, 9.17) is 21.0 Å². The SMILES string of the molecule is Clc1nc(-c2ccccc2)nc(-c2ccc(-c3ccccc3)c3oc4ccccc4c23)n1. The fourth-order valence-corrected chi connectivity index (χ4v) is 4.21. The minimum absolute atomic E-state index is 0.155. The van der Waals surface area contributed by atoms with E-state index in [0.29, 0.717) is 11.6 Å². The molecule has 2 aromatic heterocycles. The van der Waals surface area contributed by atoms with Crippen LogP contribution in [0, 0.1) is 0 Å². The third kappa shape index (κ3) is 3.13. The summed E-state index contributed by atoms with van der Waals surface area (Å²) in [5.74, 6) is 1.05. The minimum Gasteiger partial charge on any atom is -0.455 e. The first kappa shape index (κ1) is 18.7. The van der Waals surface area contributed by atoms with Crippen LogP contribution < -0.4 is 0 Å². The largest absolute Gasteiger partial charge is 0.455 e. The van der Waals surface area contributed by atoms with Crippen molar-refractivity contribution >= 4 is 33.5 Å². The smallest absolute Gasteiger partial charge is 0.226 e. The highest BCUT2D eigenvalue weighted by Gasteiger charge is 2.19. The lowest BCUT2D eigenvalue weighted by atomic mass is 9.98. The van der Waals surface area contributed by atoms with Crippen LogP contribution in [0.15, 0.2) is 101 Å². The zero-order valence-electron chi connectivity index (χ0n) is 16.9. The Morgan fingerprint density at radius 2 is 1.19 bits per heavy atom. The van der Waals surface area contributed by atoms with Crippen molar-refractivity contribution in [3.8, 4) is 33.9 Å². The first-order chi connectivity index (χ1) is 15.8. The third-order valence-corrected chi connectivity index (χ3v) is 5.66. The first-order valence-electron chi connectivity index (χ1n) is 10.2. The summed E-state index contributed by atoms with van der Waals surface area (Å²) in [6.07, 6.45) is 0. The van der Waals surface area contributed by atoms with Crippen molar-refractivity contribution in [1.82, 2.24) is 15.0 Å². The molecule has 0 N–H and O–H groups in total. The predicted octanol–water partition coefficient (Wildman–Crippen LogP) is 7.43. The summed E-state index contributed by atoms with van der Waals surface area (Å²) < 4.78 is 6.34. The Bertz CT molecular complexity index is 1580. The van der Waals surface area contributed by atoms with Gasteiger partial charge in [0.25, 0.3) is 0 Å². The van der Waals surface area contributed by atoms with Crippen LogP contribution in [0.4, 0.5) is 0 Å². The van der Waals surface area contributed by atoms with Crippen LogP contribution in [0.2, 0.25) is 5.28 Å². The molecular formula is C27H16ClN3O. The summed E-state index contributed by atoms with van der Waals surface area (Å²) in [6.45, 7) is 0. The molecule has 0 unspecified atom stereocenters. The lowest BCUT2D eigenvalue weighted by molar-refractivity contribution is 0.670. The second-order valence-corrected chi connectivity index (χ2v) is 7.78. The maximum Gasteiger partial charge on any atom is 0.226 e. The molecule has 6 aromatic rings. The average Bonchev–Trinajstić information content (AvgIpc) is 3.24. The van der Waals surface area contributed by atoms with Gasteiger partial charge < -0.3 is 4.42 Å². The zero-order valence-corrected chi connectivity index (χ0v) is 17.6. The maximum atomic E-state index is 6.34. The molecule has 0 aliphatic heterocycles. The van der Waals surface area contributed by atoms with E-state index in [-0.39, 0.29) is 5.28 Å². The molecule has 32 heavy (non-hydrogen) atoms. The van der Waals surface area contributed by atoms with Gasteiger partial charge in [0.15, 0.2) is 11.6 Å². The number of aromatic nitrogens is 3. The summed E-state index contributed by atoms with van der Waals surface area (Å²) >= 11 is 6.33. The summed E-state index contributed by atoms with van der Waals surface area (Å²) in [5.41, 5.74) is 5.45.